The summed E-state index contributed by atoms with van der Waals surface area (Å²) in [7, 11) is 1.29. The van der Waals surface area contributed by atoms with Crippen LogP contribution in [0.4, 0.5) is 10.7 Å². The van der Waals surface area contributed by atoms with Gasteiger partial charge in [0.05, 0.1) is 25.0 Å². The lowest BCUT2D eigenvalue weighted by Gasteiger charge is -2.25. The van der Waals surface area contributed by atoms with Crippen molar-refractivity contribution in [2.45, 2.75) is 24.8 Å². The number of thiophene rings is 1. The Kier molecular flexibility index (Phi) is 11.3. The van der Waals surface area contributed by atoms with E-state index in [9.17, 15) is 24.0 Å². The van der Waals surface area contributed by atoms with Gasteiger partial charge in [0.1, 0.15) is 10.7 Å². The van der Waals surface area contributed by atoms with Gasteiger partial charge in [-0.3, -0.25) is 19.2 Å². The molecule has 0 atom stereocenters. The predicted molar refractivity (Wildman–Crippen MR) is 188 cm³/mol. The molecule has 0 spiro atoms. The Balaban J connectivity index is 1.26. The van der Waals surface area contributed by atoms with Crippen LogP contribution in [0.3, 0.4) is 0 Å². The van der Waals surface area contributed by atoms with E-state index < -0.39 is 17.8 Å². The average molecular weight is 703 g/mol. The van der Waals surface area contributed by atoms with E-state index >= 15 is 0 Å². The van der Waals surface area contributed by atoms with Crippen LogP contribution in [-0.4, -0.2) is 53.9 Å². The summed E-state index contributed by atoms with van der Waals surface area (Å²) in [5.41, 5.74) is 2.64. The van der Waals surface area contributed by atoms with Crippen LogP contribution in [0.15, 0.2) is 89.5 Å². The van der Waals surface area contributed by atoms with Gasteiger partial charge in [0.2, 0.25) is 11.8 Å². The van der Waals surface area contributed by atoms with Crippen LogP contribution in [0, 0.1) is 0 Å². The summed E-state index contributed by atoms with van der Waals surface area (Å²) < 4.78 is 4.99. The average Bonchev–Trinajstić information content (AvgIpc) is 3.45. The molecular formula is C35H31ClN4O6S2. The molecule has 4 amide bonds. The number of fused-ring (bicyclic) bond motifs is 1. The van der Waals surface area contributed by atoms with E-state index in [0.717, 1.165) is 10.4 Å². The molecule has 48 heavy (non-hydrogen) atoms. The first-order chi connectivity index (χ1) is 23.1. The number of nitrogens with one attached hydrogen (secondary N) is 3. The van der Waals surface area contributed by atoms with Crippen LogP contribution in [0.25, 0.3) is 6.08 Å². The largest absolute Gasteiger partial charge is 0.465 e. The second kappa shape index (κ2) is 15.8. The lowest BCUT2D eigenvalue weighted by Crippen LogP contribution is -2.33. The highest BCUT2D eigenvalue weighted by atomic mass is 35.5. The van der Waals surface area contributed by atoms with Gasteiger partial charge < -0.3 is 25.6 Å². The SMILES string of the molecule is COC(=O)c1c(NC(=O)CSc2cccc(NC(=O)/C(=C/c3ccc(Cl)cc3)NC(=O)c3ccccc3)c2)sc2c1CCN(C(C)=O)C2. The Bertz CT molecular complexity index is 1890. The van der Waals surface area contributed by atoms with Crippen molar-refractivity contribution in [2.24, 2.45) is 0 Å². The molecule has 0 radical (unpaired) electrons. The van der Waals surface area contributed by atoms with Crippen molar-refractivity contribution in [2.75, 3.05) is 30.0 Å². The summed E-state index contributed by atoms with van der Waals surface area (Å²) in [6.45, 7) is 2.35. The van der Waals surface area contributed by atoms with Crippen molar-refractivity contribution < 1.29 is 28.7 Å². The highest BCUT2D eigenvalue weighted by Crippen LogP contribution is 2.38. The van der Waals surface area contributed by atoms with E-state index in [1.807, 2.05) is 0 Å². The van der Waals surface area contributed by atoms with Gasteiger partial charge >= 0.3 is 5.97 Å². The van der Waals surface area contributed by atoms with Gasteiger partial charge in [0, 0.05) is 39.5 Å². The van der Waals surface area contributed by atoms with Crippen molar-refractivity contribution in [3.8, 4) is 0 Å². The molecule has 0 bridgehead atoms. The van der Waals surface area contributed by atoms with Gasteiger partial charge in [-0.1, -0.05) is 48.0 Å². The summed E-state index contributed by atoms with van der Waals surface area (Å²) >= 11 is 8.53. The summed E-state index contributed by atoms with van der Waals surface area (Å²) in [5, 5.41) is 9.30. The van der Waals surface area contributed by atoms with E-state index in [-0.39, 0.29) is 23.3 Å². The number of anilines is 2. The topological polar surface area (TPSA) is 134 Å². The molecule has 3 aromatic carbocycles. The van der Waals surface area contributed by atoms with Crippen molar-refractivity contribution in [1.82, 2.24) is 10.2 Å². The molecule has 13 heteroatoms. The van der Waals surface area contributed by atoms with E-state index in [4.69, 9.17) is 16.3 Å². The number of amides is 4. The van der Waals surface area contributed by atoms with Crippen molar-refractivity contribution in [3.05, 3.63) is 117 Å². The number of hydrogen-bond acceptors (Lipinski definition) is 8. The third-order valence-electron chi connectivity index (χ3n) is 7.32. The standard InChI is InChI=1S/C35H31ClN4O6S2/c1-21(41)40-16-15-27-29(19-40)48-34(31(27)35(45)46-2)39-30(42)20-47-26-10-6-9-25(18-26)37-33(44)28(17-22-11-13-24(36)14-12-22)38-32(43)23-7-4-3-5-8-23/h3-14,17-18H,15-16,19-20H2,1-2H3,(H,37,44)(H,38,43)(H,39,42)/b28-17-. The van der Waals surface area contributed by atoms with E-state index in [1.165, 1.54) is 37.1 Å². The first-order valence-electron chi connectivity index (χ1n) is 14.8. The normalized spacial score (nSPS) is 12.5. The number of rotatable bonds is 10. The molecule has 246 valence electrons. The molecule has 2 heterocycles. The summed E-state index contributed by atoms with van der Waals surface area (Å²) in [6, 6.07) is 22.3. The fourth-order valence-electron chi connectivity index (χ4n) is 4.92. The number of hydrogen-bond donors (Lipinski definition) is 3. The molecular weight excluding hydrogens is 672 g/mol. The number of esters is 1. The van der Waals surface area contributed by atoms with Crippen molar-refractivity contribution in [1.29, 1.82) is 0 Å². The molecule has 4 aromatic rings. The maximum atomic E-state index is 13.4. The third-order valence-corrected chi connectivity index (χ3v) is 9.69. The minimum atomic E-state index is -0.547. The van der Waals surface area contributed by atoms with Gasteiger partial charge in [-0.25, -0.2) is 4.79 Å². The molecule has 0 saturated heterocycles. The molecule has 3 N–H and O–H groups in total. The number of nitrogens with zero attached hydrogens (tertiary/aromatic N) is 1. The third kappa shape index (κ3) is 8.71. The van der Waals surface area contributed by atoms with Crippen LogP contribution in [-0.2, 0) is 32.1 Å². The number of thioether (sulfide) groups is 1. The van der Waals surface area contributed by atoms with E-state index in [1.54, 1.807) is 89.8 Å². The summed E-state index contributed by atoms with van der Waals surface area (Å²) in [6.07, 6.45) is 2.05. The number of carbonyl (C=O) groups excluding carboxylic acids is 5. The van der Waals surface area contributed by atoms with Crippen LogP contribution >= 0.6 is 34.7 Å². The number of ether oxygens (including phenoxy) is 1. The second-order valence-electron chi connectivity index (χ2n) is 10.6. The Hall–Kier alpha value is -4.91. The Morgan fingerprint density at radius 1 is 0.979 bits per heavy atom. The van der Waals surface area contributed by atoms with Gasteiger partial charge in [-0.2, -0.15) is 0 Å². The van der Waals surface area contributed by atoms with Gasteiger partial charge in [0.25, 0.3) is 11.8 Å². The lowest BCUT2D eigenvalue weighted by molar-refractivity contribution is -0.129. The highest BCUT2D eigenvalue weighted by molar-refractivity contribution is 8.00. The number of methoxy groups -OCH3 is 1. The van der Waals surface area contributed by atoms with Crippen molar-refractivity contribution in [3.63, 3.8) is 0 Å². The molecule has 0 unspecified atom stereocenters. The highest BCUT2D eigenvalue weighted by Gasteiger charge is 2.30. The quantitative estimate of drug-likeness (QED) is 0.101. The first kappa shape index (κ1) is 34.4. The zero-order valence-electron chi connectivity index (χ0n) is 26.0. The molecule has 0 saturated carbocycles. The van der Waals surface area contributed by atoms with Gasteiger partial charge in [-0.15, -0.1) is 23.1 Å². The Morgan fingerprint density at radius 2 is 1.73 bits per heavy atom. The maximum absolute atomic E-state index is 13.4. The molecule has 0 fully saturated rings. The lowest BCUT2D eigenvalue weighted by atomic mass is 10.0. The summed E-state index contributed by atoms with van der Waals surface area (Å²) in [4.78, 5) is 67.2. The van der Waals surface area contributed by atoms with Crippen LogP contribution in [0.2, 0.25) is 5.02 Å². The minimum Gasteiger partial charge on any atom is -0.465 e. The molecule has 0 aliphatic carbocycles. The van der Waals surface area contributed by atoms with E-state index in [2.05, 4.69) is 16.0 Å². The zero-order valence-corrected chi connectivity index (χ0v) is 28.4. The monoisotopic (exact) mass is 702 g/mol. The number of carbonyl (C=O) groups is 5. The molecule has 10 nitrogen and oxygen atoms in total. The Morgan fingerprint density at radius 3 is 2.44 bits per heavy atom. The molecule has 1 aromatic heterocycles. The summed E-state index contributed by atoms with van der Waals surface area (Å²) in [5.74, 6) is -1.90. The van der Waals surface area contributed by atoms with Crippen molar-refractivity contribution >= 4 is 81.1 Å². The van der Waals surface area contributed by atoms with E-state index in [0.29, 0.717) is 56.8 Å². The fourth-order valence-corrected chi connectivity index (χ4v) is 7.07. The van der Waals surface area contributed by atoms with Gasteiger partial charge in [0.15, 0.2) is 0 Å². The maximum Gasteiger partial charge on any atom is 0.341 e. The van der Waals surface area contributed by atoms with Crippen LogP contribution in [0.5, 0.6) is 0 Å². The minimum absolute atomic E-state index is 0.0228. The predicted octanol–water partition coefficient (Wildman–Crippen LogP) is 6.23. The molecule has 1 aliphatic rings. The number of benzene rings is 3. The first-order valence-corrected chi connectivity index (χ1v) is 17.0. The Labute approximate surface area is 290 Å². The molecule has 1 aliphatic heterocycles. The van der Waals surface area contributed by atoms with Crippen LogP contribution in [0.1, 0.15) is 43.6 Å². The number of halogens is 1. The molecule has 5 rings (SSSR count). The zero-order chi connectivity index (χ0) is 34.2. The fraction of sp³-hybridized carbons (Fsp3) is 0.171. The van der Waals surface area contributed by atoms with Gasteiger partial charge in [-0.05, 0) is 66.1 Å². The second-order valence-corrected chi connectivity index (χ2v) is 13.2. The van der Waals surface area contributed by atoms with Crippen LogP contribution < -0.4 is 16.0 Å². The smallest absolute Gasteiger partial charge is 0.341 e.